The molecular weight excluding hydrogens is 226 g/mol. The molecule has 0 aliphatic rings. The average Bonchev–Trinajstić information content (AvgIpc) is 2.36. The Hall–Kier alpha value is -1.06. The summed E-state index contributed by atoms with van der Waals surface area (Å²) in [7, 11) is 1.98. The molecule has 0 saturated heterocycles. The van der Waals surface area contributed by atoms with Gasteiger partial charge in [0.1, 0.15) is 12.4 Å². The van der Waals surface area contributed by atoms with Gasteiger partial charge < -0.3 is 14.8 Å². The predicted molar refractivity (Wildman–Crippen MR) is 75.3 cm³/mol. The van der Waals surface area contributed by atoms with Crippen molar-refractivity contribution in [1.82, 2.24) is 5.32 Å². The van der Waals surface area contributed by atoms with Gasteiger partial charge in [-0.2, -0.15) is 0 Å². The molecule has 1 N–H and O–H groups in total. The fourth-order valence-corrected chi connectivity index (χ4v) is 1.62. The number of hydrogen-bond acceptors (Lipinski definition) is 3. The van der Waals surface area contributed by atoms with Crippen LogP contribution in [0, 0.1) is 0 Å². The molecule has 18 heavy (non-hydrogen) atoms. The van der Waals surface area contributed by atoms with Gasteiger partial charge in [-0.3, -0.25) is 0 Å². The van der Waals surface area contributed by atoms with Gasteiger partial charge in [-0.25, -0.2) is 0 Å². The first kappa shape index (κ1) is 15.0. The van der Waals surface area contributed by atoms with Crippen LogP contribution in [0.5, 0.6) is 5.75 Å². The van der Waals surface area contributed by atoms with Crippen molar-refractivity contribution in [3.8, 4) is 5.75 Å². The van der Waals surface area contributed by atoms with Crippen molar-refractivity contribution in [3.05, 3.63) is 29.8 Å². The summed E-state index contributed by atoms with van der Waals surface area (Å²) in [5.41, 5.74) is 1.32. The van der Waals surface area contributed by atoms with Gasteiger partial charge >= 0.3 is 0 Å². The Balaban J connectivity index is 2.31. The molecule has 1 rings (SSSR count). The van der Waals surface area contributed by atoms with E-state index in [9.17, 15) is 0 Å². The number of nitrogens with one attached hydrogen (secondary N) is 1. The smallest absolute Gasteiger partial charge is 0.119 e. The molecule has 0 amide bonds. The predicted octanol–water partition coefficient (Wildman–Crippen LogP) is 2.64. The first-order valence-corrected chi connectivity index (χ1v) is 6.62. The fraction of sp³-hybridized carbons (Fsp3) is 0.600. The van der Waals surface area contributed by atoms with Crippen molar-refractivity contribution in [2.75, 3.05) is 20.3 Å². The molecule has 3 heteroatoms. The zero-order valence-electron chi connectivity index (χ0n) is 11.9. The number of likely N-dealkylation sites (N-methyl/N-ethyl adjacent to an activating group) is 1. The summed E-state index contributed by atoms with van der Waals surface area (Å²) < 4.78 is 11.0. The average molecular weight is 251 g/mol. The summed E-state index contributed by atoms with van der Waals surface area (Å²) in [4.78, 5) is 0. The molecule has 0 bridgehead atoms. The molecule has 3 nitrogen and oxygen atoms in total. The van der Waals surface area contributed by atoms with Crippen molar-refractivity contribution < 1.29 is 9.47 Å². The highest BCUT2D eigenvalue weighted by atomic mass is 16.5. The van der Waals surface area contributed by atoms with Gasteiger partial charge in [0.25, 0.3) is 0 Å². The van der Waals surface area contributed by atoms with Crippen LogP contribution >= 0.6 is 0 Å². The second kappa shape index (κ2) is 8.11. The minimum absolute atomic E-state index is 0.263. The second-order valence-corrected chi connectivity index (χ2v) is 4.81. The Morgan fingerprint density at radius 3 is 2.28 bits per heavy atom. The van der Waals surface area contributed by atoms with Crippen LogP contribution in [0.15, 0.2) is 24.3 Å². The Morgan fingerprint density at radius 2 is 1.72 bits per heavy atom. The molecule has 0 fully saturated rings. The highest BCUT2D eigenvalue weighted by molar-refractivity contribution is 5.27. The minimum atomic E-state index is 0.263. The van der Waals surface area contributed by atoms with Gasteiger partial charge in [0.15, 0.2) is 0 Å². The van der Waals surface area contributed by atoms with E-state index in [-0.39, 0.29) is 6.10 Å². The van der Waals surface area contributed by atoms with E-state index in [4.69, 9.17) is 9.47 Å². The molecule has 0 saturated carbocycles. The number of rotatable bonds is 8. The molecule has 0 aliphatic carbocycles. The van der Waals surface area contributed by atoms with Gasteiger partial charge in [0.05, 0.1) is 12.7 Å². The third-order valence-electron chi connectivity index (χ3n) is 2.76. The van der Waals surface area contributed by atoms with Crippen molar-refractivity contribution in [3.63, 3.8) is 0 Å². The van der Waals surface area contributed by atoms with Crippen molar-refractivity contribution in [2.24, 2.45) is 0 Å². The molecule has 102 valence electrons. The Morgan fingerprint density at radius 1 is 1.06 bits per heavy atom. The van der Waals surface area contributed by atoms with Crippen LogP contribution in [-0.4, -0.2) is 32.4 Å². The van der Waals surface area contributed by atoms with Gasteiger partial charge in [-0.15, -0.1) is 0 Å². The lowest BCUT2D eigenvalue weighted by atomic mass is 10.1. The van der Waals surface area contributed by atoms with Gasteiger partial charge in [0, 0.05) is 6.04 Å². The minimum Gasteiger partial charge on any atom is -0.491 e. The highest BCUT2D eigenvalue weighted by Crippen LogP contribution is 2.13. The van der Waals surface area contributed by atoms with E-state index in [0.717, 1.165) is 12.2 Å². The molecule has 1 aromatic rings. The standard InChI is InChI=1S/C15H25NO2/c1-12(2)17-9-10-18-15-7-5-14(6-8-15)11-13(3)16-4/h5-8,12-13,16H,9-11H2,1-4H3. The summed E-state index contributed by atoms with van der Waals surface area (Å²) in [6, 6.07) is 8.77. The van der Waals surface area contributed by atoms with Crippen LogP contribution < -0.4 is 10.1 Å². The Kier molecular flexibility index (Phi) is 6.76. The maximum Gasteiger partial charge on any atom is 0.119 e. The second-order valence-electron chi connectivity index (χ2n) is 4.81. The summed E-state index contributed by atoms with van der Waals surface area (Å²) in [5, 5.41) is 3.23. The molecule has 0 aromatic heterocycles. The van der Waals surface area contributed by atoms with E-state index >= 15 is 0 Å². The molecule has 1 aromatic carbocycles. The number of benzene rings is 1. The highest BCUT2D eigenvalue weighted by Gasteiger charge is 2.01. The molecular formula is C15H25NO2. The topological polar surface area (TPSA) is 30.5 Å². The van der Waals surface area contributed by atoms with E-state index in [2.05, 4.69) is 24.4 Å². The largest absolute Gasteiger partial charge is 0.491 e. The SMILES string of the molecule is CNC(C)Cc1ccc(OCCOC(C)C)cc1. The summed E-state index contributed by atoms with van der Waals surface area (Å²) in [5.74, 6) is 0.906. The van der Waals surface area contributed by atoms with Gasteiger partial charge in [0.2, 0.25) is 0 Å². The van der Waals surface area contributed by atoms with Crippen LogP contribution in [0.2, 0.25) is 0 Å². The van der Waals surface area contributed by atoms with Crippen LogP contribution in [-0.2, 0) is 11.2 Å². The lowest BCUT2D eigenvalue weighted by Gasteiger charge is -2.11. The van der Waals surface area contributed by atoms with Crippen molar-refractivity contribution >= 4 is 0 Å². The van der Waals surface area contributed by atoms with Crippen LogP contribution in [0.25, 0.3) is 0 Å². The fourth-order valence-electron chi connectivity index (χ4n) is 1.62. The van der Waals surface area contributed by atoms with Crippen molar-refractivity contribution in [1.29, 1.82) is 0 Å². The maximum atomic E-state index is 5.60. The molecule has 0 radical (unpaired) electrons. The van der Waals surface area contributed by atoms with Crippen LogP contribution in [0.1, 0.15) is 26.3 Å². The van der Waals surface area contributed by atoms with Crippen molar-refractivity contribution in [2.45, 2.75) is 39.3 Å². The van der Waals surface area contributed by atoms with E-state index < -0.39 is 0 Å². The zero-order valence-corrected chi connectivity index (χ0v) is 11.9. The Labute approximate surface area is 110 Å². The first-order valence-electron chi connectivity index (χ1n) is 6.62. The number of ether oxygens (including phenoxy) is 2. The zero-order chi connectivity index (χ0) is 13.4. The molecule has 0 heterocycles. The number of hydrogen-bond donors (Lipinski definition) is 1. The maximum absolute atomic E-state index is 5.60. The third kappa shape index (κ3) is 6.03. The Bertz CT molecular complexity index is 322. The lowest BCUT2D eigenvalue weighted by Crippen LogP contribution is -2.23. The summed E-state index contributed by atoms with van der Waals surface area (Å²) in [6.07, 6.45) is 1.30. The lowest BCUT2D eigenvalue weighted by molar-refractivity contribution is 0.0552. The quantitative estimate of drug-likeness (QED) is 0.721. The van der Waals surface area contributed by atoms with Gasteiger partial charge in [-0.1, -0.05) is 12.1 Å². The summed E-state index contributed by atoms with van der Waals surface area (Å²) in [6.45, 7) is 7.46. The molecule has 0 aliphatic heterocycles. The normalized spacial score (nSPS) is 12.7. The molecule has 1 atom stereocenters. The first-order chi connectivity index (χ1) is 8.61. The van der Waals surface area contributed by atoms with E-state index in [1.54, 1.807) is 0 Å². The van der Waals surface area contributed by atoms with E-state index in [0.29, 0.717) is 19.3 Å². The molecule has 1 unspecified atom stereocenters. The van der Waals surface area contributed by atoms with Gasteiger partial charge in [-0.05, 0) is 51.9 Å². The van der Waals surface area contributed by atoms with E-state index in [1.807, 2.05) is 33.0 Å². The summed E-state index contributed by atoms with van der Waals surface area (Å²) >= 11 is 0. The van der Waals surface area contributed by atoms with Crippen LogP contribution in [0.3, 0.4) is 0 Å². The monoisotopic (exact) mass is 251 g/mol. The van der Waals surface area contributed by atoms with E-state index in [1.165, 1.54) is 5.56 Å². The third-order valence-corrected chi connectivity index (χ3v) is 2.76. The van der Waals surface area contributed by atoms with Crippen LogP contribution in [0.4, 0.5) is 0 Å². The molecule has 0 spiro atoms.